The van der Waals surface area contributed by atoms with Crippen LogP contribution in [0, 0.1) is 0 Å². The number of nitrogens with one attached hydrogen (secondary N) is 1. The number of carbonyl (C=O) groups is 3. The summed E-state index contributed by atoms with van der Waals surface area (Å²) in [7, 11) is 0. The lowest BCUT2D eigenvalue weighted by atomic mass is 10.4. The summed E-state index contributed by atoms with van der Waals surface area (Å²) in [5.41, 5.74) is 0. The molecule has 0 spiro atoms. The standard InChI is InChI=1S/C4H5NO4/c6-1-3(8)4(9)5-2-7/h1,7H,2H2,(H,5,9). The Labute approximate surface area is 50.7 Å². The van der Waals surface area contributed by atoms with Gasteiger partial charge in [-0.15, -0.1) is 0 Å². The third-order valence-corrected chi connectivity index (χ3v) is 0.570. The molecule has 0 unspecified atom stereocenters. The fourth-order valence-corrected chi connectivity index (χ4v) is 0.212. The van der Waals surface area contributed by atoms with Crippen LogP contribution in [0.3, 0.4) is 0 Å². The second-order valence-corrected chi connectivity index (χ2v) is 1.15. The Morgan fingerprint density at radius 3 is 2.44 bits per heavy atom. The molecular formula is C4H5NO4. The third-order valence-electron chi connectivity index (χ3n) is 0.570. The van der Waals surface area contributed by atoms with Crippen LogP contribution in [0.15, 0.2) is 0 Å². The monoisotopic (exact) mass is 131 g/mol. The number of hydrogen-bond acceptors (Lipinski definition) is 4. The Balaban J connectivity index is 3.73. The van der Waals surface area contributed by atoms with Crippen LogP contribution in [0.4, 0.5) is 0 Å². The van der Waals surface area contributed by atoms with Crippen molar-refractivity contribution in [3.63, 3.8) is 0 Å². The molecule has 0 aliphatic carbocycles. The molecule has 5 heteroatoms. The van der Waals surface area contributed by atoms with Crippen LogP contribution < -0.4 is 5.32 Å². The molecule has 0 saturated heterocycles. The summed E-state index contributed by atoms with van der Waals surface area (Å²) in [6.07, 6.45) is -0.120. The lowest BCUT2D eigenvalue weighted by Gasteiger charge is -1.91. The van der Waals surface area contributed by atoms with Gasteiger partial charge in [0.15, 0.2) is 6.29 Å². The lowest BCUT2D eigenvalue weighted by molar-refractivity contribution is -0.141. The zero-order valence-corrected chi connectivity index (χ0v) is 4.46. The zero-order valence-electron chi connectivity index (χ0n) is 4.46. The average Bonchev–Trinajstić information content (AvgIpc) is 1.87. The van der Waals surface area contributed by atoms with Crippen LogP contribution >= 0.6 is 0 Å². The number of carbonyl (C=O) groups excluding carboxylic acids is 3. The fourth-order valence-electron chi connectivity index (χ4n) is 0.212. The molecule has 1 amide bonds. The molecule has 0 aromatic carbocycles. The van der Waals surface area contributed by atoms with E-state index < -0.39 is 18.4 Å². The van der Waals surface area contributed by atoms with Crippen LogP contribution in [-0.4, -0.2) is 29.8 Å². The average molecular weight is 131 g/mol. The molecule has 9 heavy (non-hydrogen) atoms. The van der Waals surface area contributed by atoms with Gasteiger partial charge in [0.1, 0.15) is 6.73 Å². The van der Waals surface area contributed by atoms with Crippen molar-refractivity contribution in [2.45, 2.75) is 0 Å². The van der Waals surface area contributed by atoms with Crippen LogP contribution in [0.5, 0.6) is 0 Å². The molecule has 0 radical (unpaired) electrons. The van der Waals surface area contributed by atoms with E-state index in [9.17, 15) is 14.4 Å². The summed E-state index contributed by atoms with van der Waals surface area (Å²) < 4.78 is 0. The summed E-state index contributed by atoms with van der Waals surface area (Å²) in [6.45, 7) is -0.640. The van der Waals surface area contributed by atoms with E-state index in [4.69, 9.17) is 5.11 Å². The molecule has 0 bridgehead atoms. The summed E-state index contributed by atoms with van der Waals surface area (Å²) >= 11 is 0. The van der Waals surface area contributed by atoms with E-state index in [0.717, 1.165) is 0 Å². The van der Waals surface area contributed by atoms with Crippen molar-refractivity contribution in [1.29, 1.82) is 0 Å². The van der Waals surface area contributed by atoms with E-state index in [1.165, 1.54) is 0 Å². The third kappa shape index (κ3) is 2.55. The van der Waals surface area contributed by atoms with Crippen LogP contribution in [0.2, 0.25) is 0 Å². The first kappa shape index (κ1) is 7.77. The minimum Gasteiger partial charge on any atom is -0.376 e. The highest BCUT2D eigenvalue weighted by molar-refractivity contribution is 6.57. The summed E-state index contributed by atoms with van der Waals surface area (Å²) in [5, 5.41) is 9.71. The molecule has 0 atom stereocenters. The van der Waals surface area contributed by atoms with Gasteiger partial charge >= 0.3 is 0 Å². The molecule has 0 aliphatic rings. The van der Waals surface area contributed by atoms with E-state index in [0.29, 0.717) is 0 Å². The Kier molecular flexibility index (Phi) is 3.22. The number of aliphatic hydroxyl groups is 1. The predicted octanol–water partition coefficient (Wildman–Crippen LogP) is -2.18. The van der Waals surface area contributed by atoms with Gasteiger partial charge in [-0.1, -0.05) is 0 Å². The number of ketones is 1. The van der Waals surface area contributed by atoms with Crippen molar-refractivity contribution < 1.29 is 19.5 Å². The quantitative estimate of drug-likeness (QED) is 0.197. The molecule has 0 heterocycles. The highest BCUT2D eigenvalue weighted by Gasteiger charge is 2.09. The number of aldehydes is 1. The largest absolute Gasteiger partial charge is 0.376 e. The molecule has 50 valence electrons. The molecule has 0 aromatic rings. The highest BCUT2D eigenvalue weighted by atomic mass is 16.3. The highest BCUT2D eigenvalue weighted by Crippen LogP contribution is 1.63. The van der Waals surface area contributed by atoms with Gasteiger partial charge in [-0.3, -0.25) is 14.4 Å². The van der Waals surface area contributed by atoms with Gasteiger partial charge < -0.3 is 10.4 Å². The van der Waals surface area contributed by atoms with E-state index in [-0.39, 0.29) is 6.29 Å². The Morgan fingerprint density at radius 2 is 2.11 bits per heavy atom. The first-order chi connectivity index (χ1) is 4.22. The van der Waals surface area contributed by atoms with Crippen molar-refractivity contribution >= 4 is 18.0 Å². The Bertz CT molecular complexity index is 142. The van der Waals surface area contributed by atoms with E-state index in [2.05, 4.69) is 0 Å². The van der Waals surface area contributed by atoms with Crippen LogP contribution in [0.1, 0.15) is 0 Å². The van der Waals surface area contributed by atoms with E-state index in [1.807, 2.05) is 0 Å². The second kappa shape index (κ2) is 3.73. The number of rotatable bonds is 3. The minimum absolute atomic E-state index is 0.120. The molecule has 0 rings (SSSR count). The maximum Gasteiger partial charge on any atom is 0.297 e. The van der Waals surface area contributed by atoms with Crippen molar-refractivity contribution in [2.75, 3.05) is 6.73 Å². The van der Waals surface area contributed by atoms with Crippen molar-refractivity contribution in [2.24, 2.45) is 0 Å². The first-order valence-corrected chi connectivity index (χ1v) is 2.10. The van der Waals surface area contributed by atoms with E-state index in [1.54, 1.807) is 5.32 Å². The Hall–Kier alpha value is -1.23. The lowest BCUT2D eigenvalue weighted by Crippen LogP contribution is -2.32. The smallest absolute Gasteiger partial charge is 0.297 e. The second-order valence-electron chi connectivity index (χ2n) is 1.15. The molecular weight excluding hydrogens is 126 g/mol. The van der Waals surface area contributed by atoms with Crippen molar-refractivity contribution in [3.05, 3.63) is 0 Å². The van der Waals surface area contributed by atoms with Gasteiger partial charge in [0.25, 0.3) is 11.7 Å². The van der Waals surface area contributed by atoms with Gasteiger partial charge in [0.2, 0.25) is 0 Å². The summed E-state index contributed by atoms with van der Waals surface area (Å²) in [6, 6.07) is 0. The molecule has 0 aliphatic heterocycles. The maximum atomic E-state index is 10.1. The van der Waals surface area contributed by atoms with Crippen molar-refractivity contribution in [1.82, 2.24) is 5.32 Å². The normalized spacial score (nSPS) is 8.11. The van der Waals surface area contributed by atoms with Gasteiger partial charge in [-0.25, -0.2) is 0 Å². The number of aliphatic hydroxyl groups excluding tert-OH is 1. The van der Waals surface area contributed by atoms with Gasteiger partial charge in [-0.05, 0) is 0 Å². The van der Waals surface area contributed by atoms with Crippen LogP contribution in [0.25, 0.3) is 0 Å². The van der Waals surface area contributed by atoms with Crippen molar-refractivity contribution in [3.8, 4) is 0 Å². The number of Topliss-reactive ketones (excluding diaryl/α,β-unsaturated/α-hetero) is 1. The zero-order chi connectivity index (χ0) is 7.28. The fraction of sp³-hybridized carbons (Fsp3) is 0.250. The maximum absolute atomic E-state index is 10.1. The summed E-state index contributed by atoms with van der Waals surface area (Å²) in [5.74, 6) is -2.28. The minimum atomic E-state index is -1.19. The Morgan fingerprint density at radius 1 is 1.56 bits per heavy atom. The van der Waals surface area contributed by atoms with Crippen LogP contribution in [-0.2, 0) is 14.4 Å². The van der Waals surface area contributed by atoms with Gasteiger partial charge in [0.05, 0.1) is 0 Å². The number of hydrogen-bond donors (Lipinski definition) is 2. The summed E-state index contributed by atoms with van der Waals surface area (Å²) in [4.78, 5) is 29.7. The molecule has 0 fully saturated rings. The molecule has 2 N–H and O–H groups in total. The van der Waals surface area contributed by atoms with Gasteiger partial charge in [-0.2, -0.15) is 0 Å². The first-order valence-electron chi connectivity index (χ1n) is 2.10. The van der Waals surface area contributed by atoms with E-state index >= 15 is 0 Å². The topological polar surface area (TPSA) is 83.5 Å². The molecule has 5 nitrogen and oxygen atoms in total. The number of amides is 1. The van der Waals surface area contributed by atoms with Gasteiger partial charge in [0, 0.05) is 0 Å². The predicted molar refractivity (Wildman–Crippen MR) is 26.3 cm³/mol. The molecule has 0 aromatic heterocycles. The SMILES string of the molecule is O=CC(=O)C(=O)NCO. The molecule has 0 saturated carbocycles.